The minimum atomic E-state index is -1.22. The lowest BCUT2D eigenvalue weighted by molar-refractivity contribution is -0.124. The molecule has 2 aliphatic heterocycles. The third kappa shape index (κ3) is 3.93. The van der Waals surface area contributed by atoms with Crippen molar-refractivity contribution < 1.29 is 14.3 Å². The van der Waals surface area contributed by atoms with E-state index in [4.69, 9.17) is 4.74 Å². The molecule has 2 aromatic rings. The second-order valence-corrected chi connectivity index (χ2v) is 8.26. The molecular formula is C25H26N4O3. The predicted octanol–water partition coefficient (Wildman–Crippen LogP) is 2.13. The molecule has 0 aromatic heterocycles. The summed E-state index contributed by atoms with van der Waals surface area (Å²) in [5.41, 5.74) is 3.21. The molecule has 7 nitrogen and oxygen atoms in total. The Morgan fingerprint density at radius 3 is 2.56 bits per heavy atom. The molecule has 164 valence electrons. The first-order valence-electron chi connectivity index (χ1n) is 10.3. The molecule has 0 spiro atoms. The molecule has 3 amide bonds. The first-order chi connectivity index (χ1) is 15.3. The maximum Gasteiger partial charge on any atom is 0.322 e. The lowest BCUT2D eigenvalue weighted by Crippen LogP contribution is -2.51. The summed E-state index contributed by atoms with van der Waals surface area (Å²) in [6, 6.07) is 12.8. The molecule has 2 heterocycles. The quantitative estimate of drug-likeness (QED) is 0.562. The number of amides is 3. The van der Waals surface area contributed by atoms with Crippen molar-refractivity contribution in [2.24, 2.45) is 0 Å². The molecule has 0 radical (unpaired) electrons. The van der Waals surface area contributed by atoms with Gasteiger partial charge in [0.25, 0.3) is 5.91 Å². The molecule has 1 atom stereocenters. The van der Waals surface area contributed by atoms with E-state index < -0.39 is 11.6 Å². The van der Waals surface area contributed by atoms with Gasteiger partial charge >= 0.3 is 6.03 Å². The normalized spacial score (nSPS) is 19.4. The Morgan fingerprint density at radius 1 is 1.19 bits per heavy atom. The van der Waals surface area contributed by atoms with Gasteiger partial charge in [0, 0.05) is 23.4 Å². The summed E-state index contributed by atoms with van der Waals surface area (Å²) in [6.45, 7) is 5.71. The van der Waals surface area contributed by atoms with Crippen LogP contribution in [0.2, 0.25) is 0 Å². The largest absolute Gasteiger partial charge is 0.497 e. The summed E-state index contributed by atoms with van der Waals surface area (Å²) in [6.07, 6.45) is 0. The third-order valence-corrected chi connectivity index (χ3v) is 5.74. The summed E-state index contributed by atoms with van der Waals surface area (Å²) in [5, 5.41) is 5.25. The SMILES string of the molecule is C=C1c2ccc(OC)cc2CN1CC1(c2ccc(C#CCN(C)C)cc2)NC(=O)NC1=O. The highest BCUT2D eigenvalue weighted by Crippen LogP contribution is 2.37. The zero-order valence-electron chi connectivity index (χ0n) is 18.5. The molecule has 7 heteroatoms. The van der Waals surface area contributed by atoms with Crippen LogP contribution in [0, 0.1) is 11.8 Å². The van der Waals surface area contributed by atoms with Crippen LogP contribution in [0.25, 0.3) is 5.70 Å². The van der Waals surface area contributed by atoms with Gasteiger partial charge < -0.3 is 15.0 Å². The van der Waals surface area contributed by atoms with Crippen molar-refractivity contribution in [3.05, 3.63) is 71.3 Å². The second-order valence-electron chi connectivity index (χ2n) is 8.26. The Hall–Kier alpha value is -3.76. The fraction of sp³-hybridized carbons (Fsp3) is 0.280. The summed E-state index contributed by atoms with van der Waals surface area (Å²) < 4.78 is 5.33. The Bertz CT molecular complexity index is 1140. The van der Waals surface area contributed by atoms with Gasteiger partial charge in [-0.3, -0.25) is 15.0 Å². The number of rotatable bonds is 5. The van der Waals surface area contributed by atoms with Gasteiger partial charge in [-0.2, -0.15) is 0 Å². The topological polar surface area (TPSA) is 73.9 Å². The fourth-order valence-corrected chi connectivity index (χ4v) is 4.05. The number of nitrogens with zero attached hydrogens (tertiary/aromatic N) is 2. The summed E-state index contributed by atoms with van der Waals surface area (Å²) in [4.78, 5) is 29.2. The van der Waals surface area contributed by atoms with Crippen molar-refractivity contribution in [3.8, 4) is 17.6 Å². The van der Waals surface area contributed by atoms with E-state index in [1.54, 1.807) is 7.11 Å². The van der Waals surface area contributed by atoms with Crippen molar-refractivity contribution >= 4 is 17.6 Å². The summed E-state index contributed by atoms with van der Waals surface area (Å²) in [7, 11) is 5.55. The first-order valence-corrected chi connectivity index (χ1v) is 10.3. The van der Waals surface area contributed by atoms with Gasteiger partial charge in [-0.1, -0.05) is 30.6 Å². The monoisotopic (exact) mass is 430 g/mol. The molecule has 1 unspecified atom stereocenters. The number of hydrogen-bond acceptors (Lipinski definition) is 5. The fourth-order valence-electron chi connectivity index (χ4n) is 4.05. The van der Waals surface area contributed by atoms with E-state index >= 15 is 0 Å². The number of urea groups is 1. The molecule has 1 saturated heterocycles. The van der Waals surface area contributed by atoms with Crippen LogP contribution in [0.4, 0.5) is 4.79 Å². The number of carbonyl (C=O) groups is 2. The lowest BCUT2D eigenvalue weighted by atomic mass is 9.88. The molecule has 2 N–H and O–H groups in total. The van der Waals surface area contributed by atoms with E-state index in [0.29, 0.717) is 18.7 Å². The van der Waals surface area contributed by atoms with E-state index in [-0.39, 0.29) is 12.5 Å². The van der Waals surface area contributed by atoms with Crippen LogP contribution in [0.3, 0.4) is 0 Å². The number of methoxy groups -OCH3 is 1. The zero-order valence-corrected chi connectivity index (χ0v) is 18.5. The van der Waals surface area contributed by atoms with Gasteiger partial charge in [-0.05, 0) is 55.6 Å². The van der Waals surface area contributed by atoms with Crippen LogP contribution in [0.15, 0.2) is 49.0 Å². The molecule has 32 heavy (non-hydrogen) atoms. The average molecular weight is 431 g/mol. The molecule has 0 saturated carbocycles. The van der Waals surface area contributed by atoms with Crippen LogP contribution in [-0.2, 0) is 16.9 Å². The van der Waals surface area contributed by atoms with Crippen molar-refractivity contribution in [2.45, 2.75) is 12.1 Å². The zero-order chi connectivity index (χ0) is 22.9. The lowest BCUT2D eigenvalue weighted by Gasteiger charge is -2.33. The minimum absolute atomic E-state index is 0.256. The number of imide groups is 1. The highest BCUT2D eigenvalue weighted by Gasteiger charge is 2.49. The van der Waals surface area contributed by atoms with E-state index in [2.05, 4.69) is 29.1 Å². The van der Waals surface area contributed by atoms with E-state index in [1.165, 1.54) is 0 Å². The van der Waals surface area contributed by atoms with Crippen molar-refractivity contribution in [2.75, 3.05) is 34.3 Å². The Labute approximate surface area is 188 Å². The Kier molecular flexibility index (Phi) is 5.64. The van der Waals surface area contributed by atoms with E-state index in [9.17, 15) is 9.59 Å². The van der Waals surface area contributed by atoms with Gasteiger partial charge in [0.2, 0.25) is 0 Å². The Balaban J connectivity index is 1.62. The molecule has 2 aromatic carbocycles. The number of nitrogens with one attached hydrogen (secondary N) is 2. The van der Waals surface area contributed by atoms with Crippen LogP contribution in [0.1, 0.15) is 22.3 Å². The standard InChI is InChI=1S/C25H26N4O3/c1-17-22-12-11-21(32-4)14-19(22)15-29(17)16-25(23(30)26-24(31)27-25)20-9-7-18(8-10-20)6-5-13-28(2)3/h7-12,14H,1,13,15-16H2,2-4H3,(H2,26,27,30,31). The van der Waals surface area contributed by atoms with E-state index in [1.807, 2.05) is 66.4 Å². The van der Waals surface area contributed by atoms with Gasteiger partial charge in [0.1, 0.15) is 5.75 Å². The maximum atomic E-state index is 13.0. The number of ether oxygens (including phenoxy) is 1. The average Bonchev–Trinajstić information content (AvgIpc) is 3.23. The van der Waals surface area contributed by atoms with Crippen LogP contribution in [0.5, 0.6) is 5.75 Å². The second kappa shape index (κ2) is 8.40. The van der Waals surface area contributed by atoms with Gasteiger partial charge in [-0.15, -0.1) is 0 Å². The van der Waals surface area contributed by atoms with Gasteiger partial charge in [0.05, 0.1) is 20.2 Å². The van der Waals surface area contributed by atoms with Crippen LogP contribution >= 0.6 is 0 Å². The summed E-state index contributed by atoms with van der Waals surface area (Å²) >= 11 is 0. The van der Waals surface area contributed by atoms with Crippen LogP contribution in [-0.4, -0.2) is 56.0 Å². The Morgan fingerprint density at radius 2 is 1.94 bits per heavy atom. The smallest absolute Gasteiger partial charge is 0.322 e. The predicted molar refractivity (Wildman–Crippen MR) is 123 cm³/mol. The van der Waals surface area contributed by atoms with Crippen molar-refractivity contribution in [3.63, 3.8) is 0 Å². The van der Waals surface area contributed by atoms with Crippen molar-refractivity contribution in [1.82, 2.24) is 20.4 Å². The summed E-state index contributed by atoms with van der Waals surface area (Å²) in [5.74, 6) is 6.60. The maximum absolute atomic E-state index is 13.0. The minimum Gasteiger partial charge on any atom is -0.497 e. The number of benzene rings is 2. The molecule has 2 aliphatic rings. The third-order valence-electron chi connectivity index (χ3n) is 5.74. The number of carbonyl (C=O) groups excluding carboxylic acids is 2. The molecule has 1 fully saturated rings. The van der Waals surface area contributed by atoms with Crippen molar-refractivity contribution in [1.29, 1.82) is 0 Å². The molecule has 4 rings (SSSR count). The molecule has 0 aliphatic carbocycles. The highest BCUT2D eigenvalue weighted by molar-refractivity contribution is 6.07. The van der Waals surface area contributed by atoms with Gasteiger partial charge in [-0.25, -0.2) is 4.79 Å². The number of hydrogen-bond donors (Lipinski definition) is 2. The van der Waals surface area contributed by atoms with Gasteiger partial charge in [0.15, 0.2) is 5.54 Å². The molecule has 0 bridgehead atoms. The molecular weight excluding hydrogens is 404 g/mol. The first kappa shape index (κ1) is 21.5. The number of fused-ring (bicyclic) bond motifs is 1. The highest BCUT2D eigenvalue weighted by atomic mass is 16.5. The van der Waals surface area contributed by atoms with Crippen LogP contribution < -0.4 is 15.4 Å². The van der Waals surface area contributed by atoms with E-state index in [0.717, 1.165) is 28.1 Å².